The number of hydrogen-bond donors (Lipinski definition) is 2. The van der Waals surface area contributed by atoms with Gasteiger partial charge in [-0.1, -0.05) is 0 Å². The average molecular weight is 485 g/mol. The van der Waals surface area contributed by atoms with Crippen LogP contribution >= 0.6 is 0 Å². The van der Waals surface area contributed by atoms with Gasteiger partial charge in [-0.25, -0.2) is 23.2 Å². The third-order valence-corrected chi connectivity index (χ3v) is 5.94. The molecule has 1 fully saturated rings. The number of aryl methyl sites for hydroxylation is 1. The summed E-state index contributed by atoms with van der Waals surface area (Å²) < 4.78 is 69.3. The SMILES string of the molecule is CN(c1ncc2c(-c3cc(C(F)(F)F)c(F)c(O)c3F)nn(C)c2n1)C1CCN(C(N)=O)CC1. The Morgan fingerprint density at radius 1 is 1.24 bits per heavy atom. The summed E-state index contributed by atoms with van der Waals surface area (Å²) >= 11 is 0. The standard InChI is InChI=1S/C20H20F5N7O2/c1-30(9-3-5-32(6-4-9)18(26)34)19-27-8-11-15(29-31(2)17(11)28-19)10-7-12(20(23,24)25)14(22)16(33)13(10)21/h7-9,33H,3-6H2,1-2H3,(H2,26,34). The van der Waals surface area contributed by atoms with Gasteiger partial charge in [0, 0.05) is 45.0 Å². The van der Waals surface area contributed by atoms with Crippen LogP contribution in [-0.4, -0.2) is 62.0 Å². The Labute approximate surface area is 189 Å². The highest BCUT2D eigenvalue weighted by molar-refractivity contribution is 5.91. The van der Waals surface area contributed by atoms with Gasteiger partial charge in [0.25, 0.3) is 0 Å². The van der Waals surface area contributed by atoms with Crippen LogP contribution in [0.25, 0.3) is 22.3 Å². The Bertz CT molecular complexity index is 1270. The summed E-state index contributed by atoms with van der Waals surface area (Å²) in [4.78, 5) is 23.3. The summed E-state index contributed by atoms with van der Waals surface area (Å²) in [5.74, 6) is -5.13. The van der Waals surface area contributed by atoms with Crippen LogP contribution < -0.4 is 10.6 Å². The molecule has 4 rings (SSSR count). The van der Waals surface area contributed by atoms with E-state index in [4.69, 9.17) is 5.73 Å². The Balaban J connectivity index is 1.72. The summed E-state index contributed by atoms with van der Waals surface area (Å²) in [6.07, 6.45) is -2.64. The van der Waals surface area contributed by atoms with Gasteiger partial charge in [-0.2, -0.15) is 23.3 Å². The highest BCUT2D eigenvalue weighted by Crippen LogP contribution is 2.41. The number of urea groups is 1. The maximum absolute atomic E-state index is 14.6. The minimum atomic E-state index is -5.16. The number of carbonyl (C=O) groups excluding carboxylic acids is 1. The normalized spacial score (nSPS) is 15.2. The molecule has 0 spiro atoms. The topological polar surface area (TPSA) is 113 Å². The van der Waals surface area contributed by atoms with Gasteiger partial charge in [0.05, 0.1) is 10.9 Å². The smallest absolute Gasteiger partial charge is 0.419 e. The van der Waals surface area contributed by atoms with Crippen molar-refractivity contribution in [3.63, 3.8) is 0 Å². The van der Waals surface area contributed by atoms with Gasteiger partial charge < -0.3 is 20.6 Å². The van der Waals surface area contributed by atoms with Gasteiger partial charge >= 0.3 is 12.2 Å². The number of primary amides is 1. The number of carbonyl (C=O) groups is 1. The number of halogens is 5. The Hall–Kier alpha value is -3.71. The lowest BCUT2D eigenvalue weighted by Gasteiger charge is -2.35. The average Bonchev–Trinajstić information content (AvgIpc) is 3.12. The van der Waals surface area contributed by atoms with E-state index in [1.807, 2.05) is 0 Å². The first-order valence-electron chi connectivity index (χ1n) is 10.2. The molecule has 0 unspecified atom stereocenters. The van der Waals surface area contributed by atoms with Crippen molar-refractivity contribution >= 4 is 23.0 Å². The number of anilines is 1. The van der Waals surface area contributed by atoms with Gasteiger partial charge in [-0.15, -0.1) is 0 Å². The molecule has 1 aromatic carbocycles. The summed E-state index contributed by atoms with van der Waals surface area (Å²) in [5.41, 5.74) is 2.66. The molecule has 9 nitrogen and oxygen atoms in total. The maximum atomic E-state index is 14.6. The fraction of sp³-hybridized carbons (Fsp3) is 0.400. The molecule has 14 heteroatoms. The van der Waals surface area contributed by atoms with E-state index in [1.54, 1.807) is 11.9 Å². The molecular weight excluding hydrogens is 465 g/mol. The first-order chi connectivity index (χ1) is 15.9. The molecule has 0 bridgehead atoms. The van der Waals surface area contributed by atoms with E-state index in [-0.39, 0.29) is 34.8 Å². The lowest BCUT2D eigenvalue weighted by molar-refractivity contribution is -0.140. The minimum Gasteiger partial charge on any atom is -0.503 e. The van der Waals surface area contributed by atoms with Crippen molar-refractivity contribution < 1.29 is 31.9 Å². The molecule has 0 radical (unpaired) electrons. The number of amides is 2. The van der Waals surface area contributed by atoms with Gasteiger partial charge in [-0.05, 0) is 18.9 Å². The summed E-state index contributed by atoms with van der Waals surface area (Å²) in [6, 6.07) is -0.228. The number of benzene rings is 1. The van der Waals surface area contributed by atoms with Crippen molar-refractivity contribution in [1.29, 1.82) is 0 Å². The molecule has 3 N–H and O–H groups in total. The first-order valence-corrected chi connectivity index (χ1v) is 10.2. The zero-order valence-corrected chi connectivity index (χ0v) is 18.1. The number of hydrogen-bond acceptors (Lipinski definition) is 6. The number of nitrogens with two attached hydrogens (primary N) is 1. The van der Waals surface area contributed by atoms with Crippen molar-refractivity contribution in [2.45, 2.75) is 25.1 Å². The van der Waals surface area contributed by atoms with Crippen molar-refractivity contribution in [3.05, 3.63) is 29.5 Å². The van der Waals surface area contributed by atoms with E-state index >= 15 is 0 Å². The molecule has 1 aliphatic heterocycles. The fourth-order valence-electron chi connectivity index (χ4n) is 4.04. The van der Waals surface area contributed by atoms with Crippen molar-refractivity contribution in [2.24, 2.45) is 12.8 Å². The van der Waals surface area contributed by atoms with Crippen molar-refractivity contribution in [3.8, 4) is 17.0 Å². The van der Waals surface area contributed by atoms with Crippen LogP contribution in [0.15, 0.2) is 12.3 Å². The highest BCUT2D eigenvalue weighted by atomic mass is 19.4. The summed E-state index contributed by atoms with van der Waals surface area (Å²) in [7, 11) is 3.22. The lowest BCUT2D eigenvalue weighted by atomic mass is 10.0. The number of aromatic hydroxyl groups is 1. The number of fused-ring (bicyclic) bond motifs is 1. The minimum absolute atomic E-state index is 0.00146. The molecule has 3 aromatic rings. The second-order valence-corrected chi connectivity index (χ2v) is 7.99. The monoisotopic (exact) mass is 485 g/mol. The van der Waals surface area contributed by atoms with Crippen LogP contribution in [0.3, 0.4) is 0 Å². The molecule has 1 saturated heterocycles. The number of rotatable bonds is 3. The Morgan fingerprint density at radius 2 is 1.88 bits per heavy atom. The van der Waals surface area contributed by atoms with E-state index < -0.39 is 40.7 Å². The largest absolute Gasteiger partial charge is 0.503 e. The number of aromatic nitrogens is 4. The molecule has 0 atom stereocenters. The van der Waals surface area contributed by atoms with E-state index in [2.05, 4.69) is 15.1 Å². The lowest BCUT2D eigenvalue weighted by Crippen LogP contribution is -2.47. The van der Waals surface area contributed by atoms with Crippen LogP contribution in [0, 0.1) is 11.6 Å². The van der Waals surface area contributed by atoms with Crippen LogP contribution in [0.4, 0.5) is 32.7 Å². The molecular formula is C20H20F5N7O2. The number of phenols is 1. The zero-order chi connectivity index (χ0) is 24.9. The molecule has 3 heterocycles. The number of nitrogens with zero attached hydrogens (tertiary/aromatic N) is 6. The number of likely N-dealkylation sites (tertiary alicyclic amines) is 1. The first kappa shape index (κ1) is 23.4. The van der Waals surface area contributed by atoms with Gasteiger partial charge in [-0.3, -0.25) is 0 Å². The van der Waals surface area contributed by atoms with Crippen LogP contribution in [0.2, 0.25) is 0 Å². The second kappa shape index (κ2) is 8.25. The van der Waals surface area contributed by atoms with Gasteiger partial charge in [0.1, 0.15) is 5.69 Å². The highest BCUT2D eigenvalue weighted by Gasteiger charge is 2.38. The summed E-state index contributed by atoms with van der Waals surface area (Å²) in [6.45, 7) is 0.939. The third kappa shape index (κ3) is 3.92. The van der Waals surface area contributed by atoms with Crippen molar-refractivity contribution in [2.75, 3.05) is 25.0 Å². The Kier molecular flexibility index (Phi) is 5.69. The molecule has 182 valence electrons. The van der Waals surface area contributed by atoms with Crippen LogP contribution in [0.1, 0.15) is 18.4 Å². The molecule has 2 aromatic heterocycles. The fourth-order valence-corrected chi connectivity index (χ4v) is 4.04. The van der Waals surface area contributed by atoms with Crippen molar-refractivity contribution in [1.82, 2.24) is 24.6 Å². The number of piperidine rings is 1. The second-order valence-electron chi connectivity index (χ2n) is 7.99. The van der Waals surface area contributed by atoms with E-state index in [1.165, 1.54) is 22.8 Å². The third-order valence-electron chi connectivity index (χ3n) is 5.94. The quantitative estimate of drug-likeness (QED) is 0.552. The van der Waals surface area contributed by atoms with E-state index in [0.717, 1.165) is 0 Å². The molecule has 34 heavy (non-hydrogen) atoms. The number of phenolic OH excluding ortho intramolecular Hbond substituents is 1. The zero-order valence-electron chi connectivity index (χ0n) is 18.1. The van der Waals surface area contributed by atoms with Gasteiger partial charge in [0.2, 0.25) is 5.95 Å². The molecule has 2 amide bonds. The predicted molar refractivity (Wildman–Crippen MR) is 111 cm³/mol. The Morgan fingerprint density at radius 3 is 2.47 bits per heavy atom. The van der Waals surface area contributed by atoms with Gasteiger partial charge in [0.15, 0.2) is 23.0 Å². The maximum Gasteiger partial charge on any atom is 0.419 e. The van der Waals surface area contributed by atoms with Crippen LogP contribution in [0.5, 0.6) is 5.75 Å². The summed E-state index contributed by atoms with van der Waals surface area (Å²) in [5, 5.41) is 13.8. The predicted octanol–water partition coefficient (Wildman–Crippen LogP) is 3.01. The molecule has 1 aliphatic rings. The molecule has 0 saturated carbocycles. The van der Waals surface area contributed by atoms with Crippen LogP contribution in [-0.2, 0) is 13.2 Å². The molecule has 0 aliphatic carbocycles. The van der Waals surface area contributed by atoms with E-state index in [9.17, 15) is 31.9 Å². The number of alkyl halides is 3. The van der Waals surface area contributed by atoms with E-state index in [0.29, 0.717) is 25.9 Å².